The third-order valence-corrected chi connectivity index (χ3v) is 2.86. The number of anilines is 1. The average Bonchev–Trinajstić information content (AvgIpc) is 2.84. The number of nitrogens with one attached hydrogen (secondary N) is 1. The minimum absolute atomic E-state index is 0.1000. The fraction of sp³-hybridized carbons (Fsp3) is 0.100. The predicted octanol–water partition coefficient (Wildman–Crippen LogP) is 1.12. The maximum absolute atomic E-state index is 11.0. The van der Waals surface area contributed by atoms with E-state index in [9.17, 15) is 10.1 Å². The van der Waals surface area contributed by atoms with Crippen LogP contribution in [0.2, 0.25) is 0 Å². The molecule has 21 heavy (non-hydrogen) atoms. The summed E-state index contributed by atoms with van der Waals surface area (Å²) in [6.45, 7) is 0. The van der Waals surface area contributed by atoms with Crippen LogP contribution < -0.4 is 16.0 Å². The molecule has 1 heterocycles. The first-order chi connectivity index (χ1) is 10.0. The number of hydrogen-bond donors (Lipinski definition) is 2. The number of methoxy groups -OCH3 is 1. The molecule has 0 amide bonds. The third-order valence-electron chi connectivity index (χ3n) is 2.40. The van der Waals surface area contributed by atoms with Gasteiger partial charge >= 0.3 is 5.69 Å². The Morgan fingerprint density at radius 1 is 1.62 bits per heavy atom. The van der Waals surface area contributed by atoms with Gasteiger partial charge in [0.25, 0.3) is 5.95 Å². The molecule has 0 aliphatic heterocycles. The van der Waals surface area contributed by atoms with Gasteiger partial charge in [-0.25, -0.2) is 10.1 Å². The molecule has 0 spiro atoms. The molecule has 3 N–H and O–H groups in total. The molecule has 11 heteroatoms. The normalized spacial score (nSPS) is 10.8. The lowest BCUT2D eigenvalue weighted by molar-refractivity contribution is -0.385. The number of nitrogens with zero attached hydrogens (tertiary/aromatic N) is 5. The van der Waals surface area contributed by atoms with E-state index < -0.39 is 4.92 Å². The van der Waals surface area contributed by atoms with Crippen LogP contribution in [0.5, 0.6) is 5.75 Å². The molecule has 10 nitrogen and oxygen atoms in total. The molecule has 0 radical (unpaired) electrons. The number of nitrogen functional groups attached to an aromatic ring is 1. The fourth-order valence-corrected chi connectivity index (χ4v) is 2.00. The second-order valence-corrected chi connectivity index (χ2v) is 4.65. The van der Waals surface area contributed by atoms with Crippen molar-refractivity contribution in [2.75, 3.05) is 18.4 Å². The van der Waals surface area contributed by atoms with Crippen LogP contribution in [-0.2, 0) is 0 Å². The Hall–Kier alpha value is -2.69. The van der Waals surface area contributed by atoms with Gasteiger partial charge in [-0.3, -0.25) is 10.1 Å². The quantitative estimate of drug-likeness (QED) is 0.355. The number of nitrogens with two attached hydrogens (primary N) is 1. The Balaban J connectivity index is 2.31. The van der Waals surface area contributed by atoms with Gasteiger partial charge in [-0.1, -0.05) is 15.9 Å². The first-order valence-corrected chi connectivity index (χ1v) is 6.28. The van der Waals surface area contributed by atoms with Crippen molar-refractivity contribution in [2.45, 2.75) is 0 Å². The lowest BCUT2D eigenvalue weighted by atomic mass is 10.2. The van der Waals surface area contributed by atoms with E-state index in [4.69, 9.17) is 10.6 Å². The minimum Gasteiger partial charge on any atom is -0.490 e. The molecular formula is C10H10BrN7O3. The number of rotatable bonds is 5. The van der Waals surface area contributed by atoms with Crippen LogP contribution in [0.15, 0.2) is 28.0 Å². The highest BCUT2D eigenvalue weighted by Gasteiger charge is 2.19. The van der Waals surface area contributed by atoms with Crippen LogP contribution in [0.25, 0.3) is 0 Å². The van der Waals surface area contributed by atoms with Crippen molar-refractivity contribution in [1.82, 2.24) is 14.9 Å². The van der Waals surface area contributed by atoms with Crippen LogP contribution in [0, 0.1) is 10.1 Å². The summed E-state index contributed by atoms with van der Waals surface area (Å²) >= 11 is 3.20. The van der Waals surface area contributed by atoms with Crippen molar-refractivity contribution in [3.05, 3.63) is 38.6 Å². The standard InChI is InChI=1S/C10H10BrN7O3/c1-21-9-6(2-7(11)3-8(9)18(19)20)4-13-15-10-16-14-5-17(10)12/h2-5H,12H2,1H3,(H,15,16)/b13-4-. The molecule has 2 rings (SSSR count). The van der Waals surface area contributed by atoms with Crippen molar-refractivity contribution in [2.24, 2.45) is 5.10 Å². The van der Waals surface area contributed by atoms with Gasteiger partial charge < -0.3 is 10.6 Å². The van der Waals surface area contributed by atoms with Gasteiger partial charge in [-0.15, -0.1) is 10.2 Å². The van der Waals surface area contributed by atoms with Gasteiger partial charge in [0.2, 0.25) is 5.75 Å². The Kier molecular flexibility index (Phi) is 4.33. The van der Waals surface area contributed by atoms with E-state index in [0.29, 0.717) is 10.0 Å². The average molecular weight is 356 g/mol. The largest absolute Gasteiger partial charge is 0.490 e. The molecule has 0 saturated carbocycles. The minimum atomic E-state index is -0.537. The third kappa shape index (κ3) is 3.25. The predicted molar refractivity (Wildman–Crippen MR) is 78.7 cm³/mol. The number of ether oxygens (including phenoxy) is 1. The molecule has 1 aromatic carbocycles. The first kappa shape index (κ1) is 14.7. The van der Waals surface area contributed by atoms with Crippen molar-refractivity contribution in [3.63, 3.8) is 0 Å². The molecule has 0 atom stereocenters. The molecule has 0 aliphatic carbocycles. The van der Waals surface area contributed by atoms with Gasteiger partial charge in [-0.05, 0) is 6.07 Å². The molecule has 0 fully saturated rings. The van der Waals surface area contributed by atoms with Crippen LogP contribution in [-0.4, -0.2) is 33.1 Å². The lowest BCUT2D eigenvalue weighted by Gasteiger charge is -2.06. The molecule has 0 unspecified atom stereocenters. The van der Waals surface area contributed by atoms with Gasteiger partial charge in [0.1, 0.15) is 6.33 Å². The number of aromatic nitrogens is 3. The summed E-state index contributed by atoms with van der Waals surface area (Å²) in [5.41, 5.74) is 2.79. The van der Waals surface area contributed by atoms with E-state index in [1.54, 1.807) is 6.07 Å². The zero-order chi connectivity index (χ0) is 15.4. The summed E-state index contributed by atoms with van der Waals surface area (Å²) in [5, 5.41) is 22.1. The van der Waals surface area contributed by atoms with Crippen LogP contribution >= 0.6 is 15.9 Å². The zero-order valence-electron chi connectivity index (χ0n) is 10.7. The molecule has 2 aromatic rings. The number of halogens is 1. The van der Waals surface area contributed by atoms with Crippen LogP contribution in [0.3, 0.4) is 0 Å². The molecular weight excluding hydrogens is 346 g/mol. The number of hydrogen-bond acceptors (Lipinski definition) is 8. The second kappa shape index (κ2) is 6.17. The molecule has 1 aromatic heterocycles. The second-order valence-electron chi connectivity index (χ2n) is 3.74. The summed E-state index contributed by atoms with van der Waals surface area (Å²) < 4.78 is 6.73. The van der Waals surface area contributed by atoms with E-state index in [0.717, 1.165) is 4.68 Å². The van der Waals surface area contributed by atoms with Gasteiger partial charge in [0.15, 0.2) is 0 Å². The van der Waals surface area contributed by atoms with Gasteiger partial charge in [0.05, 0.1) is 18.2 Å². The topological polar surface area (TPSA) is 133 Å². The fourth-order valence-electron chi connectivity index (χ4n) is 1.54. The Morgan fingerprint density at radius 3 is 2.95 bits per heavy atom. The van der Waals surface area contributed by atoms with Crippen LogP contribution in [0.4, 0.5) is 11.6 Å². The van der Waals surface area contributed by atoms with Crippen molar-refractivity contribution < 1.29 is 9.66 Å². The SMILES string of the molecule is COc1c(/C=N\Nc2nncn2N)cc(Br)cc1[N+](=O)[O-]. The highest BCUT2D eigenvalue weighted by Crippen LogP contribution is 2.33. The van der Waals surface area contributed by atoms with Crippen molar-refractivity contribution in [1.29, 1.82) is 0 Å². The van der Waals surface area contributed by atoms with Gasteiger partial charge in [0, 0.05) is 16.1 Å². The van der Waals surface area contributed by atoms with E-state index in [1.165, 1.54) is 25.7 Å². The van der Waals surface area contributed by atoms with E-state index >= 15 is 0 Å². The van der Waals surface area contributed by atoms with E-state index in [-0.39, 0.29) is 17.4 Å². The monoisotopic (exact) mass is 355 g/mol. The van der Waals surface area contributed by atoms with E-state index in [2.05, 4.69) is 36.7 Å². The molecule has 0 saturated heterocycles. The summed E-state index contributed by atoms with van der Waals surface area (Å²) in [7, 11) is 1.34. The number of nitro benzene ring substituents is 1. The Morgan fingerprint density at radius 2 is 2.38 bits per heavy atom. The lowest BCUT2D eigenvalue weighted by Crippen LogP contribution is -2.10. The first-order valence-electron chi connectivity index (χ1n) is 5.49. The molecule has 0 aliphatic rings. The van der Waals surface area contributed by atoms with Crippen molar-refractivity contribution in [3.8, 4) is 5.75 Å². The summed E-state index contributed by atoms with van der Waals surface area (Å²) in [6.07, 6.45) is 2.65. The highest BCUT2D eigenvalue weighted by molar-refractivity contribution is 9.10. The summed E-state index contributed by atoms with van der Waals surface area (Å²) in [6, 6.07) is 2.98. The van der Waals surface area contributed by atoms with Crippen molar-refractivity contribution >= 4 is 33.8 Å². The smallest absolute Gasteiger partial charge is 0.312 e. The summed E-state index contributed by atoms with van der Waals surface area (Å²) in [5.74, 6) is 5.82. The maximum Gasteiger partial charge on any atom is 0.312 e. The van der Waals surface area contributed by atoms with Crippen LogP contribution in [0.1, 0.15) is 5.56 Å². The Labute approximate surface area is 126 Å². The number of hydrazone groups is 1. The molecule has 0 bridgehead atoms. The number of nitro groups is 1. The highest BCUT2D eigenvalue weighted by atomic mass is 79.9. The Bertz CT molecular complexity index is 700. The van der Waals surface area contributed by atoms with E-state index in [1.807, 2.05) is 0 Å². The maximum atomic E-state index is 11.0. The zero-order valence-corrected chi connectivity index (χ0v) is 12.3. The van der Waals surface area contributed by atoms with Gasteiger partial charge in [-0.2, -0.15) is 5.10 Å². The number of benzene rings is 1. The molecule has 110 valence electrons. The summed E-state index contributed by atoms with van der Waals surface area (Å²) in [4.78, 5) is 10.5.